The van der Waals surface area contributed by atoms with Gasteiger partial charge in [-0.15, -0.1) is 0 Å². The SMILES string of the molecule is CNc1cc(CN2CC(=O)N(c3ccc(SC(F)(F)F)cc3)C2=O)ccn1. The molecule has 1 fully saturated rings. The van der Waals surface area contributed by atoms with Gasteiger partial charge in [0.15, 0.2) is 0 Å². The Labute approximate surface area is 157 Å². The number of amides is 3. The molecule has 1 aromatic carbocycles. The van der Waals surface area contributed by atoms with Gasteiger partial charge < -0.3 is 10.2 Å². The van der Waals surface area contributed by atoms with E-state index < -0.39 is 17.4 Å². The summed E-state index contributed by atoms with van der Waals surface area (Å²) < 4.78 is 37.2. The molecule has 27 heavy (non-hydrogen) atoms. The third-order valence-corrected chi connectivity index (χ3v) is 4.56. The van der Waals surface area contributed by atoms with E-state index in [1.807, 2.05) is 0 Å². The van der Waals surface area contributed by atoms with Gasteiger partial charge in [0.05, 0.1) is 5.69 Å². The summed E-state index contributed by atoms with van der Waals surface area (Å²) in [4.78, 5) is 31.3. The van der Waals surface area contributed by atoms with E-state index in [2.05, 4.69) is 10.3 Å². The van der Waals surface area contributed by atoms with Gasteiger partial charge in [0.25, 0.3) is 5.91 Å². The van der Waals surface area contributed by atoms with Crippen LogP contribution in [0.3, 0.4) is 0 Å². The first-order valence-corrected chi connectivity index (χ1v) is 8.69. The van der Waals surface area contributed by atoms with Crippen LogP contribution >= 0.6 is 11.8 Å². The molecule has 0 saturated carbocycles. The molecule has 1 N–H and O–H groups in total. The first-order valence-electron chi connectivity index (χ1n) is 7.87. The Hall–Kier alpha value is -2.75. The molecule has 10 heteroatoms. The molecule has 0 radical (unpaired) electrons. The van der Waals surface area contributed by atoms with Gasteiger partial charge in [0.1, 0.15) is 12.4 Å². The lowest BCUT2D eigenvalue weighted by atomic mass is 10.2. The van der Waals surface area contributed by atoms with E-state index >= 15 is 0 Å². The maximum absolute atomic E-state index is 12.6. The van der Waals surface area contributed by atoms with E-state index in [4.69, 9.17) is 0 Å². The van der Waals surface area contributed by atoms with Crippen LogP contribution in [0.5, 0.6) is 0 Å². The van der Waals surface area contributed by atoms with Crippen LogP contribution in [0.4, 0.5) is 29.5 Å². The fourth-order valence-corrected chi connectivity index (χ4v) is 3.19. The third-order valence-electron chi connectivity index (χ3n) is 3.82. The summed E-state index contributed by atoms with van der Waals surface area (Å²) >= 11 is -0.251. The fraction of sp³-hybridized carbons (Fsp3) is 0.235. The summed E-state index contributed by atoms with van der Waals surface area (Å²) in [6.07, 6.45) is 1.60. The summed E-state index contributed by atoms with van der Waals surface area (Å²) in [5.41, 5.74) is -3.35. The fourth-order valence-electron chi connectivity index (χ4n) is 2.65. The molecule has 3 amide bonds. The van der Waals surface area contributed by atoms with Gasteiger partial charge in [0, 0.05) is 24.7 Å². The molecule has 2 heterocycles. The standard InChI is InChI=1S/C17H15F3N4O2S/c1-21-14-8-11(6-7-22-14)9-23-10-15(25)24(16(23)26)12-2-4-13(5-3-12)27-17(18,19)20/h2-8H,9-10H2,1H3,(H,21,22). The molecular weight excluding hydrogens is 381 g/mol. The third kappa shape index (κ3) is 4.51. The van der Waals surface area contributed by atoms with Crippen molar-refractivity contribution in [3.8, 4) is 0 Å². The molecular formula is C17H15F3N4O2S. The van der Waals surface area contributed by atoms with Crippen molar-refractivity contribution in [3.63, 3.8) is 0 Å². The van der Waals surface area contributed by atoms with Crippen LogP contribution in [0.1, 0.15) is 5.56 Å². The predicted molar refractivity (Wildman–Crippen MR) is 95.4 cm³/mol. The number of carbonyl (C=O) groups is 2. The number of pyridine rings is 1. The average molecular weight is 396 g/mol. The minimum atomic E-state index is -4.39. The van der Waals surface area contributed by atoms with Crippen LogP contribution in [0.25, 0.3) is 0 Å². The minimum Gasteiger partial charge on any atom is -0.373 e. The smallest absolute Gasteiger partial charge is 0.373 e. The number of anilines is 2. The van der Waals surface area contributed by atoms with Crippen LogP contribution in [0.2, 0.25) is 0 Å². The largest absolute Gasteiger partial charge is 0.446 e. The highest BCUT2D eigenvalue weighted by Crippen LogP contribution is 2.37. The molecule has 0 bridgehead atoms. The van der Waals surface area contributed by atoms with Gasteiger partial charge in [-0.3, -0.25) is 4.79 Å². The first-order chi connectivity index (χ1) is 12.8. The van der Waals surface area contributed by atoms with Crippen molar-refractivity contribution in [3.05, 3.63) is 48.2 Å². The number of nitrogens with one attached hydrogen (secondary N) is 1. The van der Waals surface area contributed by atoms with E-state index in [-0.39, 0.29) is 35.4 Å². The number of urea groups is 1. The Morgan fingerprint density at radius 2 is 1.89 bits per heavy atom. The van der Waals surface area contributed by atoms with E-state index in [9.17, 15) is 22.8 Å². The molecule has 0 aliphatic carbocycles. The minimum absolute atomic E-state index is 0.0152. The van der Waals surface area contributed by atoms with Crippen molar-refractivity contribution in [2.24, 2.45) is 0 Å². The van der Waals surface area contributed by atoms with Crippen molar-refractivity contribution in [2.45, 2.75) is 16.9 Å². The Morgan fingerprint density at radius 3 is 2.52 bits per heavy atom. The highest BCUT2D eigenvalue weighted by molar-refractivity contribution is 8.00. The average Bonchev–Trinajstić information content (AvgIpc) is 2.88. The number of aromatic nitrogens is 1. The molecule has 6 nitrogen and oxygen atoms in total. The van der Waals surface area contributed by atoms with E-state index in [1.54, 1.807) is 25.4 Å². The highest BCUT2D eigenvalue weighted by Gasteiger charge is 2.37. The summed E-state index contributed by atoms with van der Waals surface area (Å²) in [5.74, 6) is 0.208. The van der Waals surface area contributed by atoms with Crippen molar-refractivity contribution in [1.29, 1.82) is 0 Å². The molecule has 1 saturated heterocycles. The van der Waals surface area contributed by atoms with E-state index in [0.29, 0.717) is 5.82 Å². The molecule has 0 atom stereocenters. The van der Waals surface area contributed by atoms with Gasteiger partial charge in [-0.25, -0.2) is 14.7 Å². The maximum atomic E-state index is 12.6. The second-order valence-corrected chi connectivity index (χ2v) is 6.85. The number of alkyl halides is 3. The summed E-state index contributed by atoms with van der Waals surface area (Å²) in [6.45, 7) is 0.120. The number of hydrogen-bond acceptors (Lipinski definition) is 5. The van der Waals surface area contributed by atoms with Gasteiger partial charge in [0.2, 0.25) is 0 Å². The normalized spacial score (nSPS) is 14.8. The molecule has 1 aliphatic heterocycles. The van der Waals surface area contributed by atoms with Crippen molar-refractivity contribution < 1.29 is 22.8 Å². The van der Waals surface area contributed by atoms with Gasteiger partial charge in [-0.05, 0) is 53.7 Å². The maximum Gasteiger partial charge on any atom is 0.446 e. The zero-order valence-electron chi connectivity index (χ0n) is 14.2. The lowest BCUT2D eigenvalue weighted by Gasteiger charge is -2.17. The molecule has 1 aromatic heterocycles. The molecule has 1 aliphatic rings. The monoisotopic (exact) mass is 396 g/mol. The Bertz CT molecular complexity index is 858. The van der Waals surface area contributed by atoms with Crippen molar-refractivity contribution >= 4 is 35.2 Å². The number of imide groups is 1. The zero-order valence-corrected chi connectivity index (χ0v) is 15.0. The van der Waals surface area contributed by atoms with Crippen LogP contribution in [-0.2, 0) is 11.3 Å². The Kier molecular flexibility index (Phi) is 5.26. The van der Waals surface area contributed by atoms with Crippen LogP contribution in [0.15, 0.2) is 47.5 Å². The highest BCUT2D eigenvalue weighted by atomic mass is 32.2. The lowest BCUT2D eigenvalue weighted by molar-refractivity contribution is -0.116. The summed E-state index contributed by atoms with van der Waals surface area (Å²) in [7, 11) is 1.72. The molecule has 142 valence electrons. The number of rotatable bonds is 5. The number of hydrogen-bond donors (Lipinski definition) is 1. The number of benzene rings is 1. The number of carbonyl (C=O) groups excluding carboxylic acids is 2. The quantitative estimate of drug-likeness (QED) is 0.617. The van der Waals surface area contributed by atoms with Crippen LogP contribution in [-0.4, -0.2) is 40.9 Å². The predicted octanol–water partition coefficient (Wildman–Crippen LogP) is 3.70. The molecule has 0 unspecified atom stereocenters. The lowest BCUT2D eigenvalue weighted by Crippen LogP contribution is -2.32. The number of nitrogens with zero attached hydrogens (tertiary/aromatic N) is 3. The zero-order chi connectivity index (χ0) is 19.6. The van der Waals surface area contributed by atoms with E-state index in [0.717, 1.165) is 10.5 Å². The second-order valence-electron chi connectivity index (χ2n) is 5.71. The van der Waals surface area contributed by atoms with Gasteiger partial charge >= 0.3 is 11.5 Å². The molecule has 0 spiro atoms. The number of thioether (sulfide) groups is 1. The summed E-state index contributed by atoms with van der Waals surface area (Å²) in [6, 6.07) is 8.13. The van der Waals surface area contributed by atoms with E-state index in [1.165, 1.54) is 29.2 Å². The van der Waals surface area contributed by atoms with Gasteiger partial charge in [-0.1, -0.05) is 0 Å². The Morgan fingerprint density at radius 1 is 1.19 bits per heavy atom. The molecule has 3 rings (SSSR count). The van der Waals surface area contributed by atoms with Crippen molar-refractivity contribution in [1.82, 2.24) is 9.88 Å². The topological polar surface area (TPSA) is 65.5 Å². The van der Waals surface area contributed by atoms with Crippen molar-refractivity contribution in [2.75, 3.05) is 23.8 Å². The first kappa shape index (κ1) is 19.0. The second kappa shape index (κ2) is 7.47. The summed E-state index contributed by atoms with van der Waals surface area (Å²) in [5, 5.41) is 2.89. The van der Waals surface area contributed by atoms with Gasteiger partial charge in [-0.2, -0.15) is 13.2 Å². The Balaban J connectivity index is 1.74. The molecule has 2 aromatic rings. The van der Waals surface area contributed by atoms with Crippen LogP contribution < -0.4 is 10.2 Å². The number of halogens is 3. The van der Waals surface area contributed by atoms with Crippen LogP contribution in [0, 0.1) is 0 Å².